The molecule has 6 atom stereocenters. The molecule has 0 spiro atoms. The minimum atomic E-state index is -1.61. The third-order valence-electron chi connectivity index (χ3n) is 6.05. The van der Waals surface area contributed by atoms with Crippen molar-refractivity contribution in [2.45, 2.75) is 68.9 Å². The van der Waals surface area contributed by atoms with E-state index in [-0.39, 0.29) is 42.3 Å². The van der Waals surface area contributed by atoms with Crippen molar-refractivity contribution < 1.29 is 50.0 Å². The SMILES string of the molecule is O=C(CCc1ccc(O)cc1)C[C@H](CCc1ccc(O)c(O)c1)O[C@@H]1O[C@H](CO)[C@@H](O)[C@@H](O)[C@@H]1O. The number of hydrogen-bond donors (Lipinski definition) is 7. The van der Waals surface area contributed by atoms with Gasteiger partial charge in [0.2, 0.25) is 0 Å². The van der Waals surface area contributed by atoms with E-state index in [1.54, 1.807) is 18.2 Å². The highest BCUT2D eigenvalue weighted by Gasteiger charge is 2.44. The lowest BCUT2D eigenvalue weighted by molar-refractivity contribution is -0.311. The van der Waals surface area contributed by atoms with Crippen LogP contribution >= 0.6 is 0 Å². The molecule has 1 heterocycles. The van der Waals surface area contributed by atoms with E-state index in [1.807, 2.05) is 0 Å². The van der Waals surface area contributed by atoms with E-state index in [4.69, 9.17) is 9.47 Å². The number of aliphatic hydroxyl groups is 4. The second-order valence-corrected chi connectivity index (χ2v) is 8.73. The summed E-state index contributed by atoms with van der Waals surface area (Å²) < 4.78 is 11.3. The third-order valence-corrected chi connectivity index (χ3v) is 6.05. The number of benzene rings is 2. The van der Waals surface area contributed by atoms with Crippen LogP contribution in [0.4, 0.5) is 0 Å². The third kappa shape index (κ3) is 7.38. The second-order valence-electron chi connectivity index (χ2n) is 8.73. The number of carbonyl (C=O) groups is 1. The van der Waals surface area contributed by atoms with Gasteiger partial charge in [-0.15, -0.1) is 0 Å². The van der Waals surface area contributed by atoms with Gasteiger partial charge in [-0.1, -0.05) is 18.2 Å². The van der Waals surface area contributed by atoms with Gasteiger partial charge in [0, 0.05) is 12.8 Å². The highest BCUT2D eigenvalue weighted by Crippen LogP contribution is 2.28. The standard InChI is InChI=1S/C25H32O10/c26-13-21-22(31)23(32)24(33)25(35-21)34-18(9-4-15-5-10-19(29)20(30)11-15)12-17(28)8-3-14-1-6-16(27)7-2-14/h1-2,5-7,10-11,18,21-27,29-33H,3-4,8-9,12-13H2/t18-,21+,22+,23+,24-,25+/m0/s1. The number of Topliss-reactive ketones (excluding diaryl/α,β-unsaturated/α-hetero) is 1. The predicted molar refractivity (Wildman–Crippen MR) is 123 cm³/mol. The quantitative estimate of drug-likeness (QED) is 0.219. The molecule has 3 rings (SSSR count). The van der Waals surface area contributed by atoms with Gasteiger partial charge in [-0.2, -0.15) is 0 Å². The van der Waals surface area contributed by atoms with E-state index >= 15 is 0 Å². The number of phenolic OH excluding ortho intramolecular Hbond substituents is 3. The number of ether oxygens (including phenoxy) is 2. The zero-order valence-electron chi connectivity index (χ0n) is 19.1. The van der Waals surface area contributed by atoms with Crippen LogP contribution in [-0.4, -0.2) is 84.9 Å². The molecule has 1 aliphatic rings. The molecule has 0 bridgehead atoms. The zero-order chi connectivity index (χ0) is 25.5. The molecule has 1 fully saturated rings. The molecular weight excluding hydrogens is 460 g/mol. The number of phenols is 3. The Morgan fingerprint density at radius 1 is 0.886 bits per heavy atom. The average molecular weight is 493 g/mol. The summed E-state index contributed by atoms with van der Waals surface area (Å²) in [6, 6.07) is 10.9. The first kappa shape index (κ1) is 26.9. The zero-order valence-corrected chi connectivity index (χ0v) is 19.1. The first-order valence-electron chi connectivity index (χ1n) is 11.4. The number of rotatable bonds is 11. The molecular formula is C25H32O10. The molecule has 10 nitrogen and oxygen atoms in total. The van der Waals surface area contributed by atoms with Crippen molar-refractivity contribution in [3.05, 3.63) is 53.6 Å². The summed E-state index contributed by atoms with van der Waals surface area (Å²) in [5.74, 6) is -0.527. The lowest BCUT2D eigenvalue weighted by Gasteiger charge is -2.40. The van der Waals surface area contributed by atoms with Crippen LogP contribution in [0.2, 0.25) is 0 Å². The van der Waals surface area contributed by atoms with Gasteiger partial charge < -0.3 is 45.2 Å². The molecule has 0 unspecified atom stereocenters. The fourth-order valence-electron chi connectivity index (χ4n) is 3.94. The smallest absolute Gasteiger partial charge is 0.186 e. The molecule has 2 aromatic rings. The van der Waals surface area contributed by atoms with E-state index in [2.05, 4.69) is 0 Å². The summed E-state index contributed by atoms with van der Waals surface area (Å²) >= 11 is 0. The average Bonchev–Trinajstić information content (AvgIpc) is 2.84. The summed E-state index contributed by atoms with van der Waals surface area (Å²) in [5, 5.41) is 68.4. The molecule has 0 aliphatic carbocycles. The van der Waals surface area contributed by atoms with Crippen LogP contribution in [0.5, 0.6) is 17.2 Å². The van der Waals surface area contributed by atoms with E-state index in [0.29, 0.717) is 18.4 Å². The van der Waals surface area contributed by atoms with Gasteiger partial charge in [-0.25, -0.2) is 0 Å². The molecule has 192 valence electrons. The summed E-state index contributed by atoms with van der Waals surface area (Å²) in [6.07, 6.45) is -6.72. The number of carbonyl (C=O) groups excluding carboxylic acids is 1. The van der Waals surface area contributed by atoms with Crippen molar-refractivity contribution >= 4 is 5.78 Å². The Morgan fingerprint density at radius 3 is 2.23 bits per heavy atom. The van der Waals surface area contributed by atoms with Crippen LogP contribution in [0.15, 0.2) is 42.5 Å². The first-order valence-corrected chi connectivity index (χ1v) is 11.4. The molecule has 1 saturated heterocycles. The van der Waals surface area contributed by atoms with Crippen LogP contribution in [0, 0.1) is 0 Å². The Kier molecular flexibility index (Phi) is 9.44. The molecule has 0 radical (unpaired) electrons. The van der Waals surface area contributed by atoms with E-state index in [1.165, 1.54) is 24.3 Å². The number of aliphatic hydroxyl groups excluding tert-OH is 4. The van der Waals surface area contributed by atoms with Crippen LogP contribution in [0.25, 0.3) is 0 Å². The van der Waals surface area contributed by atoms with Gasteiger partial charge in [-0.3, -0.25) is 4.79 Å². The maximum Gasteiger partial charge on any atom is 0.186 e. The summed E-state index contributed by atoms with van der Waals surface area (Å²) in [5.41, 5.74) is 1.56. The molecule has 0 aromatic heterocycles. The normalized spacial score (nSPS) is 25.3. The van der Waals surface area contributed by atoms with Crippen molar-refractivity contribution in [1.82, 2.24) is 0 Å². The van der Waals surface area contributed by atoms with Crippen molar-refractivity contribution in [3.63, 3.8) is 0 Å². The van der Waals surface area contributed by atoms with Gasteiger partial charge in [0.15, 0.2) is 17.8 Å². The summed E-state index contributed by atoms with van der Waals surface area (Å²) in [6.45, 7) is -0.603. The largest absolute Gasteiger partial charge is 0.508 e. The second kappa shape index (κ2) is 12.3. The topological polar surface area (TPSA) is 177 Å². The maximum absolute atomic E-state index is 12.7. The molecule has 10 heteroatoms. The van der Waals surface area contributed by atoms with E-state index < -0.39 is 43.4 Å². The Hall–Kier alpha value is -2.73. The van der Waals surface area contributed by atoms with Gasteiger partial charge in [0.1, 0.15) is 35.9 Å². The number of aromatic hydroxyl groups is 3. The van der Waals surface area contributed by atoms with E-state index in [9.17, 15) is 40.5 Å². The summed E-state index contributed by atoms with van der Waals surface area (Å²) in [4.78, 5) is 12.7. The highest BCUT2D eigenvalue weighted by atomic mass is 16.7. The Labute approximate surface area is 202 Å². The summed E-state index contributed by atoms with van der Waals surface area (Å²) in [7, 11) is 0. The Balaban J connectivity index is 1.67. The molecule has 1 aliphatic heterocycles. The molecule has 0 amide bonds. The van der Waals surface area contributed by atoms with Crippen LogP contribution in [-0.2, 0) is 27.1 Å². The lowest BCUT2D eigenvalue weighted by Crippen LogP contribution is -2.59. The fourth-order valence-corrected chi connectivity index (χ4v) is 3.94. The van der Waals surface area contributed by atoms with Crippen LogP contribution in [0.1, 0.15) is 30.4 Å². The van der Waals surface area contributed by atoms with Gasteiger partial charge in [-0.05, 0) is 54.7 Å². The van der Waals surface area contributed by atoms with Crippen molar-refractivity contribution in [2.75, 3.05) is 6.61 Å². The van der Waals surface area contributed by atoms with Gasteiger partial charge in [0.05, 0.1) is 12.7 Å². The van der Waals surface area contributed by atoms with Gasteiger partial charge in [0.25, 0.3) is 0 Å². The lowest BCUT2D eigenvalue weighted by atomic mass is 9.98. The molecule has 7 N–H and O–H groups in total. The van der Waals surface area contributed by atoms with E-state index in [0.717, 1.165) is 5.56 Å². The number of ketones is 1. The predicted octanol–water partition coefficient (Wildman–Crippen LogP) is 0.513. The minimum absolute atomic E-state index is 0.0306. The first-order chi connectivity index (χ1) is 16.7. The highest BCUT2D eigenvalue weighted by molar-refractivity contribution is 5.79. The van der Waals surface area contributed by atoms with Crippen molar-refractivity contribution in [3.8, 4) is 17.2 Å². The Bertz CT molecular complexity index is 961. The molecule has 0 saturated carbocycles. The number of aryl methyl sites for hydroxylation is 2. The maximum atomic E-state index is 12.7. The van der Waals surface area contributed by atoms with Crippen LogP contribution in [0.3, 0.4) is 0 Å². The Morgan fingerprint density at radius 2 is 1.57 bits per heavy atom. The van der Waals surface area contributed by atoms with Crippen LogP contribution < -0.4 is 0 Å². The number of hydrogen-bond acceptors (Lipinski definition) is 10. The fraction of sp³-hybridized carbons (Fsp3) is 0.480. The van der Waals surface area contributed by atoms with Gasteiger partial charge >= 0.3 is 0 Å². The van der Waals surface area contributed by atoms with Crippen molar-refractivity contribution in [1.29, 1.82) is 0 Å². The van der Waals surface area contributed by atoms with Crippen molar-refractivity contribution in [2.24, 2.45) is 0 Å². The minimum Gasteiger partial charge on any atom is -0.508 e. The monoisotopic (exact) mass is 492 g/mol. The molecule has 2 aromatic carbocycles. The molecule has 35 heavy (non-hydrogen) atoms.